The minimum absolute atomic E-state index is 0.119. The van der Waals surface area contributed by atoms with Crippen molar-refractivity contribution in [3.63, 3.8) is 0 Å². The molecule has 1 aliphatic rings. The number of aromatic nitrogens is 3. The number of piperidine rings is 1. The molecule has 0 aromatic carbocycles. The number of nitrogens with one attached hydrogen (secondary N) is 1. The highest BCUT2D eigenvalue weighted by atomic mass is 16.3. The van der Waals surface area contributed by atoms with Crippen LogP contribution in [0.2, 0.25) is 0 Å². The van der Waals surface area contributed by atoms with E-state index >= 15 is 0 Å². The first-order valence-corrected chi connectivity index (χ1v) is 7.13. The summed E-state index contributed by atoms with van der Waals surface area (Å²) in [5.74, 6) is 0. The summed E-state index contributed by atoms with van der Waals surface area (Å²) in [6.45, 7) is 3.63. The lowest BCUT2D eigenvalue weighted by atomic mass is 9.92. The lowest BCUT2D eigenvalue weighted by Crippen LogP contribution is -2.46. The van der Waals surface area contributed by atoms with Crippen LogP contribution in [0.4, 0.5) is 0 Å². The highest BCUT2D eigenvalue weighted by Crippen LogP contribution is 2.22. The Morgan fingerprint density at radius 2 is 2.10 bits per heavy atom. The van der Waals surface area contributed by atoms with Gasteiger partial charge in [0.1, 0.15) is 0 Å². The molecule has 21 heavy (non-hydrogen) atoms. The molecule has 7 heteroatoms. The maximum Gasteiger partial charge on any atom is 0.272 e. The van der Waals surface area contributed by atoms with Gasteiger partial charge in [0.15, 0.2) is 5.65 Å². The number of fused-ring (bicyclic) bond motifs is 1. The van der Waals surface area contributed by atoms with E-state index in [2.05, 4.69) is 15.0 Å². The molecule has 1 saturated heterocycles. The zero-order valence-corrected chi connectivity index (χ0v) is 12.0. The quantitative estimate of drug-likeness (QED) is 0.719. The minimum atomic E-state index is -0.953. The second kappa shape index (κ2) is 5.25. The highest BCUT2D eigenvalue weighted by Gasteiger charge is 2.31. The monoisotopic (exact) mass is 292 g/mol. The van der Waals surface area contributed by atoms with Crippen LogP contribution in [-0.2, 0) is 6.54 Å². The number of aryl methyl sites for hydroxylation is 1. The molecule has 0 atom stereocenters. The molecule has 0 saturated carbocycles. The van der Waals surface area contributed by atoms with Gasteiger partial charge in [0.05, 0.1) is 17.9 Å². The topological polar surface area (TPSA) is 93.9 Å². The highest BCUT2D eigenvalue weighted by molar-refractivity contribution is 5.39. The van der Waals surface area contributed by atoms with Gasteiger partial charge in [-0.05, 0) is 19.8 Å². The van der Waals surface area contributed by atoms with Crippen molar-refractivity contribution in [2.24, 2.45) is 0 Å². The van der Waals surface area contributed by atoms with Crippen LogP contribution in [0.5, 0.6) is 0 Å². The van der Waals surface area contributed by atoms with Crippen molar-refractivity contribution < 1.29 is 10.2 Å². The van der Waals surface area contributed by atoms with Gasteiger partial charge in [-0.3, -0.25) is 14.8 Å². The predicted molar refractivity (Wildman–Crippen MR) is 77.1 cm³/mol. The normalized spacial score (nSPS) is 19.2. The SMILES string of the molecule is Cc1cc2nc(CN3CCC(O)(CO)CC3)cc(=O)n2[nH]1. The fraction of sp³-hybridized carbons (Fsp3) is 0.571. The second-order valence-electron chi connectivity index (χ2n) is 5.88. The zero-order valence-electron chi connectivity index (χ0n) is 12.0. The summed E-state index contributed by atoms with van der Waals surface area (Å²) in [7, 11) is 0. The Hall–Kier alpha value is -1.70. The lowest BCUT2D eigenvalue weighted by molar-refractivity contribution is -0.0608. The molecule has 114 valence electrons. The van der Waals surface area contributed by atoms with Crippen molar-refractivity contribution >= 4 is 5.65 Å². The molecule has 1 aliphatic heterocycles. The molecule has 0 radical (unpaired) electrons. The van der Waals surface area contributed by atoms with E-state index in [4.69, 9.17) is 5.11 Å². The van der Waals surface area contributed by atoms with E-state index in [0.29, 0.717) is 38.1 Å². The lowest BCUT2D eigenvalue weighted by Gasteiger charge is -2.36. The molecule has 0 spiro atoms. The molecule has 3 N–H and O–H groups in total. The van der Waals surface area contributed by atoms with Crippen molar-refractivity contribution in [1.82, 2.24) is 19.5 Å². The van der Waals surface area contributed by atoms with Gasteiger partial charge in [0.25, 0.3) is 5.56 Å². The van der Waals surface area contributed by atoms with Crippen LogP contribution < -0.4 is 5.56 Å². The number of rotatable bonds is 3. The van der Waals surface area contributed by atoms with Crippen molar-refractivity contribution in [3.8, 4) is 0 Å². The Balaban J connectivity index is 1.75. The number of nitrogens with zero attached hydrogens (tertiary/aromatic N) is 3. The van der Waals surface area contributed by atoms with Crippen molar-refractivity contribution in [1.29, 1.82) is 0 Å². The van der Waals surface area contributed by atoms with Crippen LogP contribution in [-0.4, -0.2) is 55.0 Å². The van der Waals surface area contributed by atoms with Crippen molar-refractivity contribution in [3.05, 3.63) is 33.9 Å². The van der Waals surface area contributed by atoms with Crippen LogP contribution in [0.3, 0.4) is 0 Å². The van der Waals surface area contributed by atoms with Gasteiger partial charge < -0.3 is 10.2 Å². The van der Waals surface area contributed by atoms with E-state index in [1.54, 1.807) is 0 Å². The van der Waals surface area contributed by atoms with Crippen LogP contribution >= 0.6 is 0 Å². The summed E-state index contributed by atoms with van der Waals surface area (Å²) < 4.78 is 1.43. The maximum atomic E-state index is 12.0. The van der Waals surface area contributed by atoms with Crippen LogP contribution in [0.25, 0.3) is 5.65 Å². The van der Waals surface area contributed by atoms with Crippen LogP contribution in [0.15, 0.2) is 16.9 Å². The molecular weight excluding hydrogens is 272 g/mol. The summed E-state index contributed by atoms with van der Waals surface area (Å²) in [5, 5.41) is 22.1. The molecule has 3 heterocycles. The van der Waals surface area contributed by atoms with E-state index in [1.165, 1.54) is 10.6 Å². The third kappa shape index (κ3) is 2.85. The Labute approximate surface area is 121 Å². The molecule has 3 rings (SSSR count). The fourth-order valence-corrected chi connectivity index (χ4v) is 2.76. The standard InChI is InChI=1S/C14H20N4O3/c1-10-6-12-15-11(7-13(20)18(12)16-10)8-17-4-2-14(21,9-19)3-5-17/h6-7,16,19,21H,2-5,8-9H2,1H3. The Kier molecular flexibility index (Phi) is 3.56. The van der Waals surface area contributed by atoms with Gasteiger partial charge in [-0.2, -0.15) is 0 Å². The smallest absolute Gasteiger partial charge is 0.272 e. The number of hydrogen-bond acceptors (Lipinski definition) is 5. The van der Waals surface area contributed by atoms with Crippen LogP contribution in [0.1, 0.15) is 24.2 Å². The van der Waals surface area contributed by atoms with E-state index in [0.717, 1.165) is 11.4 Å². The number of aliphatic hydroxyl groups excluding tert-OH is 1. The first kappa shape index (κ1) is 14.2. The maximum absolute atomic E-state index is 12.0. The molecule has 2 aromatic heterocycles. The minimum Gasteiger partial charge on any atom is -0.393 e. The van der Waals surface area contributed by atoms with Gasteiger partial charge in [0.2, 0.25) is 0 Å². The first-order valence-electron chi connectivity index (χ1n) is 7.13. The fourth-order valence-electron chi connectivity index (χ4n) is 2.76. The molecule has 0 aliphatic carbocycles. The number of H-pyrrole nitrogens is 1. The molecule has 2 aromatic rings. The first-order chi connectivity index (χ1) is 9.99. The number of aromatic amines is 1. The average Bonchev–Trinajstić information content (AvgIpc) is 2.83. The Morgan fingerprint density at radius 1 is 1.38 bits per heavy atom. The van der Waals surface area contributed by atoms with Gasteiger partial charge in [-0.25, -0.2) is 9.50 Å². The predicted octanol–water partition coefficient (Wildman–Crippen LogP) is -0.350. The number of likely N-dealkylation sites (tertiary alicyclic amines) is 1. The van der Waals surface area contributed by atoms with E-state index in [1.807, 2.05) is 13.0 Å². The van der Waals surface area contributed by atoms with E-state index < -0.39 is 5.60 Å². The summed E-state index contributed by atoms with van der Waals surface area (Å²) in [6, 6.07) is 3.38. The van der Waals surface area contributed by atoms with Crippen molar-refractivity contribution in [2.75, 3.05) is 19.7 Å². The summed E-state index contributed by atoms with van der Waals surface area (Å²) in [6.07, 6.45) is 1.07. The van der Waals surface area contributed by atoms with Gasteiger partial charge in [-0.15, -0.1) is 0 Å². The molecule has 0 bridgehead atoms. The third-order valence-electron chi connectivity index (χ3n) is 4.10. The molecule has 1 fully saturated rings. The van der Waals surface area contributed by atoms with Crippen molar-refractivity contribution in [2.45, 2.75) is 31.9 Å². The van der Waals surface area contributed by atoms with Crippen LogP contribution in [0, 0.1) is 6.92 Å². The second-order valence-corrected chi connectivity index (χ2v) is 5.88. The third-order valence-corrected chi connectivity index (χ3v) is 4.10. The Bertz CT molecular complexity index is 698. The summed E-state index contributed by atoms with van der Waals surface area (Å²) >= 11 is 0. The zero-order chi connectivity index (χ0) is 15.0. The number of hydrogen-bond donors (Lipinski definition) is 3. The van der Waals surface area contributed by atoms with E-state index in [9.17, 15) is 9.90 Å². The van der Waals surface area contributed by atoms with Gasteiger partial charge in [0, 0.05) is 37.5 Å². The van der Waals surface area contributed by atoms with Gasteiger partial charge >= 0.3 is 0 Å². The Morgan fingerprint density at radius 3 is 2.76 bits per heavy atom. The summed E-state index contributed by atoms with van der Waals surface area (Å²) in [5.41, 5.74) is 1.17. The molecule has 0 unspecified atom stereocenters. The van der Waals surface area contributed by atoms with Gasteiger partial charge in [-0.1, -0.05) is 0 Å². The molecule has 7 nitrogen and oxygen atoms in total. The number of aliphatic hydroxyl groups is 2. The largest absolute Gasteiger partial charge is 0.393 e. The average molecular weight is 292 g/mol. The molecule has 0 amide bonds. The molecular formula is C14H20N4O3. The summed E-state index contributed by atoms with van der Waals surface area (Å²) in [4.78, 5) is 18.6. The van der Waals surface area contributed by atoms with E-state index in [-0.39, 0.29) is 12.2 Å².